The lowest BCUT2D eigenvalue weighted by Crippen LogP contribution is -2.14. The minimum atomic E-state index is -0.786. The van der Waals surface area contributed by atoms with Crippen molar-refractivity contribution < 1.29 is 14.1 Å². The van der Waals surface area contributed by atoms with Gasteiger partial charge in [0.15, 0.2) is 0 Å². The molecule has 0 aromatic heterocycles. The molecule has 1 amide bonds. The van der Waals surface area contributed by atoms with Gasteiger partial charge in [-0.2, -0.15) is 0 Å². The van der Waals surface area contributed by atoms with Crippen molar-refractivity contribution in [2.45, 2.75) is 5.33 Å². The molecule has 108 valence electrons. The number of nitrogens with zero attached hydrogens (tertiary/aromatic N) is 1. The molecule has 2 aromatic rings. The number of amides is 1. The predicted octanol–water partition coefficient (Wildman–Crippen LogP) is 3.88. The van der Waals surface area contributed by atoms with E-state index in [2.05, 4.69) is 21.2 Å². The van der Waals surface area contributed by atoms with Crippen molar-refractivity contribution >= 4 is 33.2 Å². The zero-order valence-electron chi connectivity index (χ0n) is 10.7. The summed E-state index contributed by atoms with van der Waals surface area (Å²) < 4.78 is 13.0. The molecule has 0 unspecified atom stereocenters. The van der Waals surface area contributed by atoms with E-state index in [1.807, 2.05) is 12.1 Å². The number of hydrogen-bond donors (Lipinski definition) is 1. The van der Waals surface area contributed by atoms with Crippen molar-refractivity contribution in [3.8, 4) is 0 Å². The standard InChI is InChI=1S/C14H10BrFN2O3/c15-8-9-1-4-11(5-2-9)17-14(19)12-6-3-10(16)7-13(12)18(20)21/h1-7H,8H2,(H,17,19). The van der Waals surface area contributed by atoms with Crippen LogP contribution in [0.1, 0.15) is 15.9 Å². The van der Waals surface area contributed by atoms with Gasteiger partial charge >= 0.3 is 0 Å². The summed E-state index contributed by atoms with van der Waals surface area (Å²) in [5.41, 5.74) is 0.777. The molecule has 0 aliphatic carbocycles. The van der Waals surface area contributed by atoms with E-state index in [9.17, 15) is 19.3 Å². The van der Waals surface area contributed by atoms with Crippen LogP contribution in [0.15, 0.2) is 42.5 Å². The fourth-order valence-electron chi connectivity index (χ4n) is 1.72. The van der Waals surface area contributed by atoms with Gasteiger partial charge < -0.3 is 5.32 Å². The minimum Gasteiger partial charge on any atom is -0.322 e. The summed E-state index contributed by atoms with van der Waals surface area (Å²) in [6.07, 6.45) is 0. The summed E-state index contributed by atoms with van der Waals surface area (Å²) >= 11 is 3.30. The van der Waals surface area contributed by atoms with Crippen LogP contribution in [0, 0.1) is 15.9 Å². The molecular weight excluding hydrogens is 343 g/mol. The van der Waals surface area contributed by atoms with Crippen LogP contribution in [0.5, 0.6) is 0 Å². The third-order valence-corrected chi connectivity index (χ3v) is 3.41. The van der Waals surface area contributed by atoms with E-state index in [-0.39, 0.29) is 5.56 Å². The highest BCUT2D eigenvalue weighted by atomic mass is 79.9. The zero-order valence-corrected chi connectivity index (χ0v) is 12.3. The van der Waals surface area contributed by atoms with Gasteiger partial charge in [-0.15, -0.1) is 0 Å². The number of rotatable bonds is 4. The number of alkyl halides is 1. The highest BCUT2D eigenvalue weighted by Gasteiger charge is 2.21. The van der Waals surface area contributed by atoms with E-state index in [1.165, 1.54) is 0 Å². The van der Waals surface area contributed by atoms with Crippen LogP contribution in [0.4, 0.5) is 15.8 Å². The Morgan fingerprint density at radius 2 is 1.90 bits per heavy atom. The summed E-state index contributed by atoms with van der Waals surface area (Å²) in [4.78, 5) is 22.1. The fraction of sp³-hybridized carbons (Fsp3) is 0.0714. The Hall–Kier alpha value is -2.28. The van der Waals surface area contributed by atoms with E-state index >= 15 is 0 Å². The second-order valence-corrected chi connectivity index (χ2v) is 4.76. The van der Waals surface area contributed by atoms with Gasteiger partial charge in [0.25, 0.3) is 11.6 Å². The number of carbonyl (C=O) groups is 1. The van der Waals surface area contributed by atoms with Gasteiger partial charge in [-0.1, -0.05) is 28.1 Å². The molecule has 2 rings (SSSR count). The summed E-state index contributed by atoms with van der Waals surface area (Å²) in [6, 6.07) is 9.81. The van der Waals surface area contributed by atoms with Gasteiger partial charge in [-0.3, -0.25) is 14.9 Å². The lowest BCUT2D eigenvalue weighted by atomic mass is 10.1. The van der Waals surface area contributed by atoms with Crippen molar-refractivity contribution in [1.82, 2.24) is 0 Å². The number of carbonyl (C=O) groups excluding carboxylic acids is 1. The van der Waals surface area contributed by atoms with Crippen LogP contribution in [-0.2, 0) is 5.33 Å². The molecule has 21 heavy (non-hydrogen) atoms. The first-order chi connectivity index (χ1) is 10.0. The molecule has 0 fully saturated rings. The Bertz CT molecular complexity index is 689. The molecule has 5 nitrogen and oxygen atoms in total. The Morgan fingerprint density at radius 1 is 1.24 bits per heavy atom. The van der Waals surface area contributed by atoms with Crippen molar-refractivity contribution in [2.24, 2.45) is 0 Å². The molecule has 0 atom stereocenters. The van der Waals surface area contributed by atoms with Crippen LogP contribution < -0.4 is 5.32 Å². The van der Waals surface area contributed by atoms with Gasteiger partial charge in [-0.25, -0.2) is 4.39 Å². The first-order valence-electron chi connectivity index (χ1n) is 5.91. The third-order valence-electron chi connectivity index (χ3n) is 2.77. The maximum absolute atomic E-state index is 13.0. The van der Waals surface area contributed by atoms with Crippen LogP contribution >= 0.6 is 15.9 Å². The molecule has 0 saturated heterocycles. The minimum absolute atomic E-state index is 0.189. The van der Waals surface area contributed by atoms with Crippen LogP contribution in [0.25, 0.3) is 0 Å². The molecule has 1 N–H and O–H groups in total. The summed E-state index contributed by atoms with van der Waals surface area (Å²) in [6.45, 7) is 0. The normalized spacial score (nSPS) is 10.2. The van der Waals surface area contributed by atoms with E-state index in [4.69, 9.17) is 0 Å². The lowest BCUT2D eigenvalue weighted by Gasteiger charge is -2.06. The highest BCUT2D eigenvalue weighted by molar-refractivity contribution is 9.08. The predicted molar refractivity (Wildman–Crippen MR) is 80.1 cm³/mol. The number of halogens is 2. The number of benzene rings is 2. The Morgan fingerprint density at radius 3 is 2.48 bits per heavy atom. The lowest BCUT2D eigenvalue weighted by molar-refractivity contribution is -0.385. The summed E-state index contributed by atoms with van der Waals surface area (Å²) in [5.74, 6) is -1.42. The zero-order chi connectivity index (χ0) is 15.4. The fourth-order valence-corrected chi connectivity index (χ4v) is 2.10. The monoisotopic (exact) mass is 352 g/mol. The molecule has 0 bridgehead atoms. The number of nitro benzene ring substituents is 1. The number of nitrogens with one attached hydrogen (secondary N) is 1. The number of hydrogen-bond acceptors (Lipinski definition) is 3. The smallest absolute Gasteiger partial charge is 0.285 e. The summed E-state index contributed by atoms with van der Waals surface area (Å²) in [7, 11) is 0. The van der Waals surface area contributed by atoms with E-state index in [1.54, 1.807) is 12.1 Å². The topological polar surface area (TPSA) is 72.2 Å². The molecule has 0 saturated carbocycles. The average Bonchev–Trinajstić information content (AvgIpc) is 2.47. The van der Waals surface area contributed by atoms with Gasteiger partial charge in [-0.05, 0) is 29.8 Å². The van der Waals surface area contributed by atoms with Crippen LogP contribution in [-0.4, -0.2) is 10.8 Å². The quantitative estimate of drug-likeness (QED) is 0.515. The number of anilines is 1. The van der Waals surface area contributed by atoms with Crippen molar-refractivity contribution in [2.75, 3.05) is 5.32 Å². The second-order valence-electron chi connectivity index (χ2n) is 4.20. The van der Waals surface area contributed by atoms with Gasteiger partial charge in [0.1, 0.15) is 11.4 Å². The maximum Gasteiger partial charge on any atom is 0.285 e. The Labute approximate surface area is 128 Å². The van der Waals surface area contributed by atoms with Crippen LogP contribution in [0.2, 0.25) is 0 Å². The Balaban J connectivity index is 2.25. The van der Waals surface area contributed by atoms with Gasteiger partial charge in [0, 0.05) is 11.0 Å². The van der Waals surface area contributed by atoms with Crippen molar-refractivity contribution in [3.05, 3.63) is 69.5 Å². The molecule has 0 aliphatic rings. The summed E-state index contributed by atoms with van der Waals surface area (Å²) in [5, 5.41) is 14.1. The molecule has 0 aliphatic heterocycles. The SMILES string of the molecule is O=C(Nc1ccc(CBr)cc1)c1ccc(F)cc1[N+](=O)[O-]. The van der Waals surface area contributed by atoms with E-state index in [0.717, 1.165) is 23.8 Å². The van der Waals surface area contributed by atoms with Crippen molar-refractivity contribution in [1.29, 1.82) is 0 Å². The maximum atomic E-state index is 13.0. The largest absolute Gasteiger partial charge is 0.322 e. The molecule has 0 radical (unpaired) electrons. The second kappa shape index (κ2) is 6.45. The first-order valence-corrected chi connectivity index (χ1v) is 7.03. The molecule has 0 heterocycles. The third kappa shape index (κ3) is 3.63. The number of nitro groups is 1. The molecular formula is C14H10BrFN2O3. The average molecular weight is 353 g/mol. The first kappa shape index (κ1) is 15.1. The molecule has 2 aromatic carbocycles. The van der Waals surface area contributed by atoms with Gasteiger partial charge in [0.05, 0.1) is 11.0 Å². The molecule has 0 spiro atoms. The van der Waals surface area contributed by atoms with E-state index < -0.39 is 22.3 Å². The molecule has 7 heteroatoms. The van der Waals surface area contributed by atoms with Crippen molar-refractivity contribution in [3.63, 3.8) is 0 Å². The highest BCUT2D eigenvalue weighted by Crippen LogP contribution is 2.21. The Kier molecular flexibility index (Phi) is 4.64. The van der Waals surface area contributed by atoms with Gasteiger partial charge in [0.2, 0.25) is 0 Å². The van der Waals surface area contributed by atoms with E-state index in [0.29, 0.717) is 11.0 Å². The van der Waals surface area contributed by atoms with Crippen LogP contribution in [0.3, 0.4) is 0 Å².